The van der Waals surface area contributed by atoms with Gasteiger partial charge >= 0.3 is 0 Å². The maximum atomic E-state index is 9.52. The number of rotatable bonds is 0. The van der Waals surface area contributed by atoms with Gasteiger partial charge in [0, 0.05) is 23.3 Å². The number of fused-ring (bicyclic) bond motifs is 2. The SMILES string of the molecule is N[C@]1(O)CC2CC[C@H](C1)S2. The first-order valence-electron chi connectivity index (χ1n) is 3.82. The molecular formula is C7H13NOS. The fourth-order valence-electron chi connectivity index (χ4n) is 1.95. The van der Waals surface area contributed by atoms with Crippen LogP contribution in [0.25, 0.3) is 0 Å². The number of thioether (sulfide) groups is 1. The van der Waals surface area contributed by atoms with Crippen molar-refractivity contribution in [3.63, 3.8) is 0 Å². The number of hydrogen-bond donors (Lipinski definition) is 2. The summed E-state index contributed by atoms with van der Waals surface area (Å²) < 4.78 is 0. The van der Waals surface area contributed by atoms with Crippen LogP contribution in [-0.2, 0) is 0 Å². The van der Waals surface area contributed by atoms with E-state index in [1.807, 2.05) is 11.8 Å². The summed E-state index contributed by atoms with van der Waals surface area (Å²) in [5, 5.41) is 10.8. The molecule has 2 heterocycles. The Bertz CT molecular complexity index is 135. The smallest absolute Gasteiger partial charge is 0.115 e. The summed E-state index contributed by atoms with van der Waals surface area (Å²) in [5.74, 6) is 0. The molecule has 0 aromatic carbocycles. The molecule has 0 saturated carbocycles. The largest absolute Gasteiger partial charge is 0.376 e. The van der Waals surface area contributed by atoms with E-state index in [0.29, 0.717) is 10.5 Å². The van der Waals surface area contributed by atoms with Crippen molar-refractivity contribution in [3.05, 3.63) is 0 Å². The van der Waals surface area contributed by atoms with Gasteiger partial charge < -0.3 is 10.8 Å². The molecule has 2 aliphatic heterocycles. The molecule has 1 unspecified atom stereocenters. The lowest BCUT2D eigenvalue weighted by Crippen LogP contribution is -2.45. The summed E-state index contributed by atoms with van der Waals surface area (Å²) in [6.45, 7) is 0. The Balaban J connectivity index is 2.09. The first-order valence-corrected chi connectivity index (χ1v) is 4.77. The van der Waals surface area contributed by atoms with E-state index in [1.165, 1.54) is 12.8 Å². The second-order valence-corrected chi connectivity index (χ2v) is 5.07. The molecule has 3 heteroatoms. The summed E-state index contributed by atoms with van der Waals surface area (Å²) in [6, 6.07) is 0. The predicted molar refractivity (Wildman–Crippen MR) is 42.8 cm³/mol. The minimum Gasteiger partial charge on any atom is -0.376 e. The third-order valence-corrected chi connectivity index (χ3v) is 3.93. The molecule has 0 aromatic heterocycles. The predicted octanol–water partition coefficient (Wildman–Crippen LogP) is 0.692. The van der Waals surface area contributed by atoms with Crippen LogP contribution < -0.4 is 5.73 Å². The van der Waals surface area contributed by atoms with Crippen LogP contribution in [0.1, 0.15) is 25.7 Å². The highest BCUT2D eigenvalue weighted by molar-refractivity contribution is 8.00. The quantitative estimate of drug-likeness (QED) is 0.511. The zero-order valence-electron chi connectivity index (χ0n) is 5.92. The molecule has 2 nitrogen and oxygen atoms in total. The van der Waals surface area contributed by atoms with E-state index in [9.17, 15) is 5.11 Å². The highest BCUT2D eigenvalue weighted by Crippen LogP contribution is 2.45. The number of aliphatic hydroxyl groups is 1. The standard InChI is InChI=1S/C7H13NOS/c8-7(9)3-5-1-2-6(4-7)10-5/h5-6,9H,1-4,8H2/t5-,6?,7-/m1/s1. The lowest BCUT2D eigenvalue weighted by atomic mass is 10.1. The van der Waals surface area contributed by atoms with E-state index >= 15 is 0 Å². The molecule has 58 valence electrons. The van der Waals surface area contributed by atoms with Gasteiger partial charge in [0.1, 0.15) is 5.72 Å². The van der Waals surface area contributed by atoms with E-state index in [4.69, 9.17) is 5.73 Å². The molecule has 0 amide bonds. The van der Waals surface area contributed by atoms with Gasteiger partial charge in [0.2, 0.25) is 0 Å². The Morgan fingerprint density at radius 1 is 1.30 bits per heavy atom. The van der Waals surface area contributed by atoms with Gasteiger partial charge in [-0.3, -0.25) is 0 Å². The van der Waals surface area contributed by atoms with E-state index in [0.717, 1.165) is 12.8 Å². The maximum Gasteiger partial charge on any atom is 0.115 e. The molecule has 0 spiro atoms. The topological polar surface area (TPSA) is 46.2 Å². The Morgan fingerprint density at radius 3 is 2.30 bits per heavy atom. The van der Waals surface area contributed by atoms with Crippen LogP contribution in [-0.4, -0.2) is 21.3 Å². The van der Waals surface area contributed by atoms with Gasteiger partial charge in [0.05, 0.1) is 0 Å². The molecule has 0 radical (unpaired) electrons. The van der Waals surface area contributed by atoms with Crippen molar-refractivity contribution in [2.75, 3.05) is 0 Å². The van der Waals surface area contributed by atoms with Gasteiger partial charge in [-0.25, -0.2) is 0 Å². The lowest BCUT2D eigenvalue weighted by molar-refractivity contribution is 0.0305. The second-order valence-electron chi connectivity index (χ2n) is 3.47. The summed E-state index contributed by atoms with van der Waals surface area (Å²) in [7, 11) is 0. The minimum atomic E-state index is -0.836. The van der Waals surface area contributed by atoms with Crippen molar-refractivity contribution < 1.29 is 5.11 Å². The van der Waals surface area contributed by atoms with Crippen molar-refractivity contribution in [1.29, 1.82) is 0 Å². The van der Waals surface area contributed by atoms with Crippen LogP contribution in [0.3, 0.4) is 0 Å². The van der Waals surface area contributed by atoms with Crippen LogP contribution in [0, 0.1) is 0 Å². The van der Waals surface area contributed by atoms with Gasteiger partial charge in [0.15, 0.2) is 0 Å². The second kappa shape index (κ2) is 2.13. The van der Waals surface area contributed by atoms with Crippen LogP contribution in [0.15, 0.2) is 0 Å². The average Bonchev–Trinajstić information content (AvgIpc) is 2.08. The molecule has 2 bridgehead atoms. The molecule has 2 rings (SSSR count). The van der Waals surface area contributed by atoms with E-state index < -0.39 is 5.72 Å². The molecule has 2 aliphatic rings. The third-order valence-electron chi connectivity index (χ3n) is 2.36. The van der Waals surface area contributed by atoms with Gasteiger partial charge in [0.25, 0.3) is 0 Å². The first kappa shape index (κ1) is 6.95. The minimum absolute atomic E-state index is 0.647. The fourth-order valence-corrected chi connectivity index (χ4v) is 3.81. The summed E-state index contributed by atoms with van der Waals surface area (Å²) in [4.78, 5) is 0. The van der Waals surface area contributed by atoms with Gasteiger partial charge in [-0.15, -0.1) is 0 Å². The molecule has 2 fully saturated rings. The molecule has 0 aromatic rings. The maximum absolute atomic E-state index is 9.52. The Kier molecular flexibility index (Phi) is 1.48. The number of nitrogens with two attached hydrogens (primary N) is 1. The highest BCUT2D eigenvalue weighted by Gasteiger charge is 2.40. The van der Waals surface area contributed by atoms with Crippen LogP contribution >= 0.6 is 11.8 Å². The van der Waals surface area contributed by atoms with E-state index in [2.05, 4.69) is 0 Å². The van der Waals surface area contributed by atoms with Gasteiger partial charge in [-0.2, -0.15) is 11.8 Å². The Hall–Kier alpha value is 0.270. The lowest BCUT2D eigenvalue weighted by Gasteiger charge is -2.32. The van der Waals surface area contributed by atoms with Crippen molar-refractivity contribution >= 4 is 11.8 Å². The summed E-state index contributed by atoms with van der Waals surface area (Å²) in [6.07, 6.45) is 4.12. The normalized spacial score (nSPS) is 53.4. The van der Waals surface area contributed by atoms with Crippen molar-refractivity contribution in [2.24, 2.45) is 5.73 Å². The van der Waals surface area contributed by atoms with E-state index in [-0.39, 0.29) is 0 Å². The first-order chi connectivity index (χ1) is 4.66. The van der Waals surface area contributed by atoms with Crippen LogP contribution in [0.5, 0.6) is 0 Å². The highest BCUT2D eigenvalue weighted by atomic mass is 32.2. The fraction of sp³-hybridized carbons (Fsp3) is 1.00. The third kappa shape index (κ3) is 1.18. The van der Waals surface area contributed by atoms with Crippen LogP contribution in [0.2, 0.25) is 0 Å². The Labute approximate surface area is 65.2 Å². The molecule has 10 heavy (non-hydrogen) atoms. The molecular weight excluding hydrogens is 146 g/mol. The zero-order valence-corrected chi connectivity index (χ0v) is 6.73. The average molecular weight is 159 g/mol. The summed E-state index contributed by atoms with van der Waals surface area (Å²) >= 11 is 2.01. The molecule has 3 N–H and O–H groups in total. The summed E-state index contributed by atoms with van der Waals surface area (Å²) in [5.41, 5.74) is 4.80. The molecule has 0 aliphatic carbocycles. The van der Waals surface area contributed by atoms with Gasteiger partial charge in [-0.1, -0.05) is 0 Å². The molecule has 3 atom stereocenters. The van der Waals surface area contributed by atoms with Crippen molar-refractivity contribution in [3.8, 4) is 0 Å². The Morgan fingerprint density at radius 2 is 1.80 bits per heavy atom. The zero-order chi connectivity index (χ0) is 7.19. The van der Waals surface area contributed by atoms with Crippen molar-refractivity contribution in [1.82, 2.24) is 0 Å². The molecule has 2 saturated heterocycles. The van der Waals surface area contributed by atoms with Crippen LogP contribution in [0.4, 0.5) is 0 Å². The monoisotopic (exact) mass is 159 g/mol. The van der Waals surface area contributed by atoms with E-state index in [1.54, 1.807) is 0 Å². The van der Waals surface area contributed by atoms with Crippen molar-refractivity contribution in [2.45, 2.75) is 41.9 Å². The van der Waals surface area contributed by atoms with Gasteiger partial charge in [-0.05, 0) is 12.8 Å². The number of hydrogen-bond acceptors (Lipinski definition) is 3.